The van der Waals surface area contributed by atoms with Gasteiger partial charge < -0.3 is 25.7 Å². The van der Waals surface area contributed by atoms with Crippen molar-refractivity contribution in [2.24, 2.45) is 0 Å². The third-order valence-corrected chi connectivity index (χ3v) is 6.76. The van der Waals surface area contributed by atoms with Crippen molar-refractivity contribution in [1.82, 2.24) is 20.3 Å². The molecule has 0 aliphatic carbocycles. The van der Waals surface area contributed by atoms with Crippen LogP contribution in [0.2, 0.25) is 5.02 Å². The van der Waals surface area contributed by atoms with E-state index in [0.717, 1.165) is 42.5 Å². The summed E-state index contributed by atoms with van der Waals surface area (Å²) in [6, 6.07) is 13.3. The molecule has 5 rings (SSSR count). The number of hydrogen-bond donors (Lipinski definition) is 5. The maximum atomic E-state index is 12.8. The molecule has 1 atom stereocenters. The van der Waals surface area contributed by atoms with Crippen molar-refractivity contribution in [3.8, 4) is 11.4 Å². The number of benzene rings is 2. The van der Waals surface area contributed by atoms with Gasteiger partial charge in [0.05, 0.1) is 22.8 Å². The molecule has 4 aromatic rings. The maximum Gasteiger partial charge on any atom is 0.261 e. The van der Waals surface area contributed by atoms with E-state index in [-0.39, 0.29) is 12.1 Å². The number of aliphatic hydroxyl groups excluding tert-OH is 1. The van der Waals surface area contributed by atoms with Crippen LogP contribution >= 0.6 is 11.6 Å². The Morgan fingerprint density at radius 1 is 1.21 bits per heavy atom. The summed E-state index contributed by atoms with van der Waals surface area (Å²) in [6.45, 7) is 4.35. The van der Waals surface area contributed by atoms with Gasteiger partial charge in [-0.2, -0.15) is 0 Å². The van der Waals surface area contributed by atoms with E-state index in [4.69, 9.17) is 16.6 Å². The highest BCUT2D eigenvalue weighted by molar-refractivity contribution is 6.30. The van der Waals surface area contributed by atoms with Crippen LogP contribution in [-0.4, -0.2) is 39.7 Å². The lowest BCUT2D eigenvalue weighted by Gasteiger charge is -2.23. The molecule has 3 heterocycles. The molecule has 34 heavy (non-hydrogen) atoms. The number of piperidine rings is 1. The van der Waals surface area contributed by atoms with Crippen LogP contribution < -0.4 is 16.2 Å². The average Bonchev–Trinajstić information content (AvgIpc) is 3.27. The molecule has 0 amide bonds. The predicted octanol–water partition coefficient (Wildman–Crippen LogP) is 4.49. The summed E-state index contributed by atoms with van der Waals surface area (Å²) >= 11 is 6.05. The fourth-order valence-electron chi connectivity index (χ4n) is 4.73. The molecule has 0 unspecified atom stereocenters. The zero-order chi connectivity index (χ0) is 23.7. The molecule has 2 aromatic heterocycles. The number of nitrogens with zero attached hydrogens (tertiary/aromatic N) is 1. The fourth-order valence-corrected chi connectivity index (χ4v) is 4.93. The zero-order valence-electron chi connectivity index (χ0n) is 19.0. The number of aryl methyl sites for hydroxylation is 1. The van der Waals surface area contributed by atoms with Gasteiger partial charge in [-0.3, -0.25) is 4.79 Å². The first-order chi connectivity index (χ1) is 16.5. The van der Waals surface area contributed by atoms with Crippen LogP contribution in [0.25, 0.3) is 22.4 Å². The van der Waals surface area contributed by atoms with Gasteiger partial charge in [0.25, 0.3) is 5.56 Å². The van der Waals surface area contributed by atoms with Crippen molar-refractivity contribution in [1.29, 1.82) is 0 Å². The Balaban J connectivity index is 1.46. The monoisotopic (exact) mass is 477 g/mol. The molecule has 1 aliphatic heterocycles. The predicted molar refractivity (Wildman–Crippen MR) is 137 cm³/mol. The Morgan fingerprint density at radius 3 is 2.82 bits per heavy atom. The summed E-state index contributed by atoms with van der Waals surface area (Å²) in [6.07, 6.45) is 3.04. The molecule has 0 radical (unpaired) electrons. The van der Waals surface area contributed by atoms with Gasteiger partial charge in [0.2, 0.25) is 0 Å². The van der Waals surface area contributed by atoms with Crippen LogP contribution in [0.4, 0.5) is 5.69 Å². The molecule has 0 spiro atoms. The number of aliphatic hydroxyl groups is 1. The molecular formula is C26H28ClN5O2. The normalized spacial score (nSPS) is 15.5. The third kappa shape index (κ3) is 4.59. The number of halogens is 1. The Bertz CT molecular complexity index is 1370. The van der Waals surface area contributed by atoms with Crippen molar-refractivity contribution in [2.75, 3.05) is 25.0 Å². The van der Waals surface area contributed by atoms with Gasteiger partial charge in [-0.25, -0.2) is 4.98 Å². The Morgan fingerprint density at radius 2 is 2.03 bits per heavy atom. The molecule has 0 saturated carbocycles. The lowest BCUT2D eigenvalue weighted by atomic mass is 9.89. The quantitative estimate of drug-likeness (QED) is 0.281. The first-order valence-electron chi connectivity index (χ1n) is 11.6. The van der Waals surface area contributed by atoms with Gasteiger partial charge in [-0.05, 0) is 79.7 Å². The van der Waals surface area contributed by atoms with Crippen LogP contribution in [0.5, 0.6) is 0 Å². The van der Waals surface area contributed by atoms with E-state index in [1.165, 1.54) is 5.56 Å². The SMILES string of the molecule is Cc1cc(C2CCNCC2)cc2[nH]c(-c3c(NC[C@@H](O)c4cccc(Cl)c4)cc[nH]c3=O)nc12. The van der Waals surface area contributed by atoms with E-state index in [1.54, 1.807) is 30.5 Å². The van der Waals surface area contributed by atoms with Crippen LogP contribution in [0.1, 0.15) is 41.6 Å². The highest BCUT2D eigenvalue weighted by Crippen LogP contribution is 2.31. The lowest BCUT2D eigenvalue weighted by molar-refractivity contribution is 0.191. The average molecular weight is 478 g/mol. The smallest absolute Gasteiger partial charge is 0.261 e. The van der Waals surface area contributed by atoms with E-state index in [0.29, 0.717) is 33.6 Å². The second-order valence-corrected chi connectivity index (χ2v) is 9.33. The second-order valence-electron chi connectivity index (χ2n) is 8.89. The topological polar surface area (TPSA) is 106 Å². The van der Waals surface area contributed by atoms with Crippen molar-refractivity contribution >= 4 is 28.3 Å². The van der Waals surface area contributed by atoms with E-state index >= 15 is 0 Å². The van der Waals surface area contributed by atoms with Crippen LogP contribution in [0.3, 0.4) is 0 Å². The number of hydrogen-bond acceptors (Lipinski definition) is 5. The minimum absolute atomic E-state index is 0.218. The molecule has 1 saturated heterocycles. The van der Waals surface area contributed by atoms with E-state index < -0.39 is 6.10 Å². The summed E-state index contributed by atoms with van der Waals surface area (Å²) in [5.74, 6) is 1.03. The fraction of sp³-hybridized carbons (Fsp3) is 0.308. The number of aromatic amines is 2. The summed E-state index contributed by atoms with van der Waals surface area (Å²) in [4.78, 5) is 23.7. The van der Waals surface area contributed by atoms with Crippen molar-refractivity contribution in [3.05, 3.63) is 80.7 Å². The molecule has 5 N–H and O–H groups in total. The van der Waals surface area contributed by atoms with Crippen LogP contribution in [-0.2, 0) is 0 Å². The number of fused-ring (bicyclic) bond motifs is 1. The molecular weight excluding hydrogens is 450 g/mol. The summed E-state index contributed by atoms with van der Waals surface area (Å²) < 4.78 is 0. The number of pyridine rings is 1. The number of nitrogens with one attached hydrogen (secondary N) is 4. The summed E-state index contributed by atoms with van der Waals surface area (Å²) in [5, 5.41) is 17.8. The summed E-state index contributed by atoms with van der Waals surface area (Å²) in [7, 11) is 0. The molecule has 176 valence electrons. The van der Waals surface area contributed by atoms with Crippen molar-refractivity contribution < 1.29 is 5.11 Å². The first kappa shape index (κ1) is 22.7. The van der Waals surface area contributed by atoms with E-state index in [2.05, 4.69) is 39.7 Å². The van der Waals surface area contributed by atoms with Gasteiger partial charge in [0, 0.05) is 17.8 Å². The zero-order valence-corrected chi connectivity index (χ0v) is 19.7. The minimum atomic E-state index is -0.781. The van der Waals surface area contributed by atoms with Crippen LogP contribution in [0.15, 0.2) is 53.5 Å². The molecule has 1 fully saturated rings. The lowest BCUT2D eigenvalue weighted by Crippen LogP contribution is -2.26. The maximum absolute atomic E-state index is 12.8. The van der Waals surface area contributed by atoms with Crippen molar-refractivity contribution in [3.63, 3.8) is 0 Å². The number of imidazole rings is 1. The van der Waals surface area contributed by atoms with Gasteiger partial charge in [-0.1, -0.05) is 29.8 Å². The first-order valence-corrected chi connectivity index (χ1v) is 12.0. The minimum Gasteiger partial charge on any atom is -0.387 e. The standard InChI is InChI=1S/C26H28ClN5O2/c1-15-11-18(16-5-8-28-9-6-16)13-21-24(15)32-25(31-21)23-20(7-10-29-26(23)34)30-14-22(33)17-3-2-4-19(27)12-17/h2-4,7,10-13,16,22,28,33H,5-6,8-9,14H2,1H3,(H,31,32)(H2,29,30,34)/t22-/m1/s1. The number of rotatable bonds is 6. The van der Waals surface area contributed by atoms with Crippen molar-refractivity contribution in [2.45, 2.75) is 31.8 Å². The highest BCUT2D eigenvalue weighted by atomic mass is 35.5. The molecule has 2 aromatic carbocycles. The summed E-state index contributed by atoms with van der Waals surface area (Å²) in [5.41, 5.74) is 5.66. The highest BCUT2D eigenvalue weighted by Gasteiger charge is 2.20. The van der Waals surface area contributed by atoms with Gasteiger partial charge in [0.1, 0.15) is 11.4 Å². The van der Waals surface area contributed by atoms with Gasteiger partial charge >= 0.3 is 0 Å². The largest absolute Gasteiger partial charge is 0.387 e. The third-order valence-electron chi connectivity index (χ3n) is 6.53. The second kappa shape index (κ2) is 9.62. The number of H-pyrrole nitrogens is 2. The van der Waals surface area contributed by atoms with E-state index in [1.807, 2.05) is 6.07 Å². The molecule has 1 aliphatic rings. The Labute approximate surface area is 202 Å². The number of aromatic nitrogens is 3. The number of anilines is 1. The molecule has 8 heteroatoms. The molecule has 7 nitrogen and oxygen atoms in total. The Kier molecular flexibility index (Phi) is 6.41. The molecule has 0 bridgehead atoms. The Hall–Kier alpha value is -3.13. The van der Waals surface area contributed by atoms with Gasteiger partial charge in [0.15, 0.2) is 0 Å². The van der Waals surface area contributed by atoms with Crippen LogP contribution in [0, 0.1) is 6.92 Å². The van der Waals surface area contributed by atoms with E-state index in [9.17, 15) is 9.90 Å². The van der Waals surface area contributed by atoms with Gasteiger partial charge in [-0.15, -0.1) is 0 Å².